The van der Waals surface area contributed by atoms with Crippen molar-refractivity contribution in [3.8, 4) is 17.4 Å². The lowest BCUT2D eigenvalue weighted by Gasteiger charge is -2.24. The lowest BCUT2D eigenvalue weighted by Crippen LogP contribution is -2.21. The zero-order chi connectivity index (χ0) is 17.3. The molecule has 1 aromatic heterocycles. The SMILES string of the molecule is NC(=O)Oc1cc(Cl)c(Oc2cc(C3CCC3)c(=O)[nH]n2)c(Cl)c1. The number of carbonyl (C=O) groups excluding carboxylic acids is 1. The van der Waals surface area contributed by atoms with Crippen molar-refractivity contribution in [2.45, 2.75) is 25.2 Å². The minimum atomic E-state index is -0.983. The second-order valence-electron chi connectivity index (χ2n) is 5.36. The Labute approximate surface area is 146 Å². The first-order chi connectivity index (χ1) is 11.4. The van der Waals surface area contributed by atoms with Crippen molar-refractivity contribution in [1.29, 1.82) is 0 Å². The minimum absolute atomic E-state index is 0.0921. The van der Waals surface area contributed by atoms with E-state index in [0.29, 0.717) is 5.56 Å². The van der Waals surface area contributed by atoms with Crippen LogP contribution < -0.4 is 20.8 Å². The molecule has 1 fully saturated rings. The molecule has 1 aliphatic rings. The highest BCUT2D eigenvalue weighted by Crippen LogP contribution is 2.40. The van der Waals surface area contributed by atoms with Gasteiger partial charge in [-0.25, -0.2) is 9.89 Å². The van der Waals surface area contributed by atoms with Crippen LogP contribution in [0, 0.1) is 0 Å². The average Bonchev–Trinajstić information content (AvgIpc) is 2.43. The maximum absolute atomic E-state index is 11.9. The van der Waals surface area contributed by atoms with Gasteiger partial charge >= 0.3 is 6.09 Å². The molecule has 1 amide bonds. The van der Waals surface area contributed by atoms with Crippen LogP contribution in [-0.2, 0) is 0 Å². The Hall–Kier alpha value is -2.25. The zero-order valence-corrected chi connectivity index (χ0v) is 13.9. The monoisotopic (exact) mass is 369 g/mol. The van der Waals surface area contributed by atoms with E-state index in [2.05, 4.69) is 10.2 Å². The quantitative estimate of drug-likeness (QED) is 0.855. The van der Waals surface area contributed by atoms with Gasteiger partial charge in [0.2, 0.25) is 5.88 Å². The fourth-order valence-electron chi connectivity index (χ4n) is 2.39. The molecule has 2 aromatic rings. The number of halogens is 2. The first kappa shape index (κ1) is 16.6. The predicted molar refractivity (Wildman–Crippen MR) is 88.2 cm³/mol. The van der Waals surface area contributed by atoms with Crippen molar-refractivity contribution in [1.82, 2.24) is 10.2 Å². The van der Waals surface area contributed by atoms with E-state index in [1.165, 1.54) is 12.1 Å². The van der Waals surface area contributed by atoms with E-state index in [1.807, 2.05) is 0 Å². The third-order valence-electron chi connectivity index (χ3n) is 3.75. The number of nitrogens with two attached hydrogens (primary N) is 1. The molecule has 0 unspecified atom stereocenters. The maximum atomic E-state index is 11.9. The van der Waals surface area contributed by atoms with E-state index in [-0.39, 0.29) is 38.9 Å². The number of ether oxygens (including phenoxy) is 2. The van der Waals surface area contributed by atoms with Crippen LogP contribution in [0.25, 0.3) is 0 Å². The summed E-state index contributed by atoms with van der Waals surface area (Å²) in [5, 5.41) is 6.47. The molecular weight excluding hydrogens is 357 g/mol. The molecule has 126 valence electrons. The van der Waals surface area contributed by atoms with E-state index in [9.17, 15) is 9.59 Å². The van der Waals surface area contributed by atoms with Crippen LogP contribution in [-0.4, -0.2) is 16.3 Å². The third-order valence-corrected chi connectivity index (χ3v) is 4.31. The summed E-state index contributed by atoms with van der Waals surface area (Å²) in [6.07, 6.45) is 2.05. The van der Waals surface area contributed by atoms with Gasteiger partial charge in [-0.1, -0.05) is 29.6 Å². The molecule has 1 aromatic carbocycles. The number of aromatic amines is 1. The molecule has 3 N–H and O–H groups in total. The van der Waals surface area contributed by atoms with Gasteiger partial charge in [-0.3, -0.25) is 4.79 Å². The van der Waals surface area contributed by atoms with Gasteiger partial charge in [0.15, 0.2) is 5.75 Å². The summed E-state index contributed by atoms with van der Waals surface area (Å²) >= 11 is 12.2. The standard InChI is InChI=1S/C15H13Cl2N3O4/c16-10-4-8(23-15(18)22)5-11(17)13(10)24-12-6-9(7-2-1-3-7)14(21)20-19-12/h4-7H,1-3H2,(H2,18,22)(H,20,21). The molecule has 1 saturated carbocycles. The smallest absolute Gasteiger partial charge is 0.409 e. The molecule has 0 atom stereocenters. The van der Waals surface area contributed by atoms with Gasteiger partial charge in [0.1, 0.15) is 5.75 Å². The van der Waals surface area contributed by atoms with Gasteiger partial charge < -0.3 is 15.2 Å². The Bertz CT molecular complexity index is 826. The number of rotatable bonds is 4. The summed E-state index contributed by atoms with van der Waals surface area (Å²) in [7, 11) is 0. The molecule has 1 aliphatic carbocycles. The van der Waals surface area contributed by atoms with Crippen LogP contribution in [0.2, 0.25) is 10.0 Å². The molecule has 1 heterocycles. The summed E-state index contributed by atoms with van der Waals surface area (Å²) in [6, 6.07) is 4.27. The Morgan fingerprint density at radius 1 is 1.25 bits per heavy atom. The summed E-state index contributed by atoms with van der Waals surface area (Å²) in [5.74, 6) is 0.615. The van der Waals surface area contributed by atoms with Crippen LogP contribution >= 0.6 is 23.2 Å². The summed E-state index contributed by atoms with van der Waals surface area (Å²) in [4.78, 5) is 22.6. The van der Waals surface area contributed by atoms with Crippen molar-refractivity contribution in [2.75, 3.05) is 0 Å². The zero-order valence-electron chi connectivity index (χ0n) is 12.3. The first-order valence-electron chi connectivity index (χ1n) is 7.18. The van der Waals surface area contributed by atoms with E-state index in [1.54, 1.807) is 6.07 Å². The number of nitrogens with one attached hydrogen (secondary N) is 1. The topological polar surface area (TPSA) is 107 Å². The molecule has 0 spiro atoms. The molecule has 9 heteroatoms. The summed E-state index contributed by atoms with van der Waals surface area (Å²) in [5.41, 5.74) is 5.35. The van der Waals surface area contributed by atoms with E-state index < -0.39 is 6.09 Å². The number of hydrogen-bond acceptors (Lipinski definition) is 5. The Kier molecular flexibility index (Phi) is 4.64. The predicted octanol–water partition coefficient (Wildman–Crippen LogP) is 3.59. The second-order valence-corrected chi connectivity index (χ2v) is 6.17. The maximum Gasteiger partial charge on any atom is 0.409 e. The number of primary amides is 1. The van der Waals surface area contributed by atoms with Crippen LogP contribution in [0.1, 0.15) is 30.7 Å². The average molecular weight is 370 g/mol. The molecule has 24 heavy (non-hydrogen) atoms. The lowest BCUT2D eigenvalue weighted by molar-refractivity contribution is 0.211. The molecule has 3 rings (SSSR count). The number of nitrogens with zero attached hydrogens (tertiary/aromatic N) is 1. The van der Waals surface area contributed by atoms with Gasteiger partial charge in [-0.05, 0) is 18.8 Å². The fourth-order valence-corrected chi connectivity index (χ4v) is 2.93. The highest BCUT2D eigenvalue weighted by molar-refractivity contribution is 6.37. The largest absolute Gasteiger partial charge is 0.434 e. The highest BCUT2D eigenvalue weighted by Gasteiger charge is 2.23. The highest BCUT2D eigenvalue weighted by atomic mass is 35.5. The second kappa shape index (κ2) is 6.70. The van der Waals surface area contributed by atoms with E-state index >= 15 is 0 Å². The van der Waals surface area contributed by atoms with Crippen LogP contribution in [0.15, 0.2) is 23.0 Å². The summed E-state index contributed by atoms with van der Waals surface area (Å²) < 4.78 is 10.3. The van der Waals surface area contributed by atoms with Gasteiger partial charge in [0.05, 0.1) is 10.0 Å². The fraction of sp³-hybridized carbons (Fsp3) is 0.267. The summed E-state index contributed by atoms with van der Waals surface area (Å²) in [6.45, 7) is 0. The number of aromatic nitrogens is 2. The van der Waals surface area contributed by atoms with Crippen molar-refractivity contribution < 1.29 is 14.3 Å². The van der Waals surface area contributed by atoms with Crippen LogP contribution in [0.5, 0.6) is 17.4 Å². The Morgan fingerprint density at radius 3 is 2.46 bits per heavy atom. The molecule has 7 nitrogen and oxygen atoms in total. The number of H-pyrrole nitrogens is 1. The van der Waals surface area contributed by atoms with E-state index in [0.717, 1.165) is 19.3 Å². The van der Waals surface area contributed by atoms with Crippen molar-refractivity contribution in [3.05, 3.63) is 44.2 Å². The van der Waals surface area contributed by atoms with Gasteiger partial charge in [0, 0.05) is 23.8 Å². The molecule has 0 aliphatic heterocycles. The van der Waals surface area contributed by atoms with Crippen LogP contribution in [0.3, 0.4) is 0 Å². The van der Waals surface area contributed by atoms with Crippen molar-refractivity contribution >= 4 is 29.3 Å². The van der Waals surface area contributed by atoms with Crippen molar-refractivity contribution in [3.63, 3.8) is 0 Å². The number of amides is 1. The number of hydrogen-bond donors (Lipinski definition) is 2. The number of benzene rings is 1. The Balaban J connectivity index is 1.88. The molecule has 0 bridgehead atoms. The lowest BCUT2D eigenvalue weighted by atomic mass is 9.81. The van der Waals surface area contributed by atoms with Gasteiger partial charge in [-0.15, -0.1) is 5.10 Å². The van der Waals surface area contributed by atoms with Crippen molar-refractivity contribution in [2.24, 2.45) is 5.73 Å². The minimum Gasteiger partial charge on any atom is -0.434 e. The Morgan fingerprint density at radius 2 is 1.92 bits per heavy atom. The van der Waals surface area contributed by atoms with Gasteiger partial charge in [-0.2, -0.15) is 0 Å². The van der Waals surface area contributed by atoms with Crippen LogP contribution in [0.4, 0.5) is 4.79 Å². The normalized spacial score (nSPS) is 14.1. The van der Waals surface area contributed by atoms with E-state index in [4.69, 9.17) is 38.4 Å². The van der Waals surface area contributed by atoms with Gasteiger partial charge in [0.25, 0.3) is 5.56 Å². The third kappa shape index (κ3) is 3.47. The first-order valence-corrected chi connectivity index (χ1v) is 7.93. The molecule has 0 radical (unpaired) electrons. The molecule has 0 saturated heterocycles. The number of carbonyl (C=O) groups is 1. The molecular formula is C15H13Cl2N3O4.